The van der Waals surface area contributed by atoms with Crippen LogP contribution < -0.4 is 0 Å². The highest BCUT2D eigenvalue weighted by Crippen LogP contribution is 2.37. The van der Waals surface area contributed by atoms with Crippen molar-refractivity contribution in [3.05, 3.63) is 40.0 Å². The van der Waals surface area contributed by atoms with Crippen molar-refractivity contribution < 1.29 is 18.3 Å². The van der Waals surface area contributed by atoms with Gasteiger partial charge in [0.05, 0.1) is 12.2 Å². The number of pyridine rings is 1. The molecule has 0 spiro atoms. The molecule has 1 aromatic heterocycles. The molecule has 0 radical (unpaired) electrons. The van der Waals surface area contributed by atoms with Crippen LogP contribution in [0.15, 0.2) is 23.3 Å². The van der Waals surface area contributed by atoms with E-state index in [0.717, 1.165) is 6.07 Å². The lowest BCUT2D eigenvalue weighted by Crippen LogP contribution is -2.40. The molecule has 0 bridgehead atoms. The van der Waals surface area contributed by atoms with Gasteiger partial charge >= 0.3 is 6.18 Å². The third-order valence-corrected chi connectivity index (χ3v) is 2.15. The lowest BCUT2D eigenvalue weighted by Gasteiger charge is -2.25. The monoisotopic (exact) mass is 246 g/mol. The van der Waals surface area contributed by atoms with Crippen LogP contribution in [0.1, 0.15) is 18.3 Å². The van der Waals surface area contributed by atoms with Gasteiger partial charge in [-0.25, -0.2) is 0 Å². The second-order valence-electron chi connectivity index (χ2n) is 3.47. The molecule has 0 fully saturated rings. The predicted molar refractivity (Wildman–Crippen MR) is 52.7 cm³/mol. The normalized spacial score (nSPS) is 14.9. The maximum Gasteiger partial charge on any atom is 0.422 e. The Morgan fingerprint density at radius 1 is 1.47 bits per heavy atom. The number of rotatable bonds is 3. The highest BCUT2D eigenvalue weighted by Gasteiger charge is 2.52. The van der Waals surface area contributed by atoms with E-state index in [9.17, 15) is 18.3 Å². The van der Waals surface area contributed by atoms with Crippen LogP contribution in [0.5, 0.6) is 0 Å². The molecule has 0 aliphatic heterocycles. The summed E-state index contributed by atoms with van der Waals surface area (Å²) in [6.07, 6.45) is -4.82. The van der Waals surface area contributed by atoms with Crippen LogP contribution in [0.3, 0.4) is 0 Å². The molecule has 0 saturated heterocycles. The maximum absolute atomic E-state index is 12.5. The van der Waals surface area contributed by atoms with Crippen LogP contribution in [-0.2, 0) is 12.1 Å². The molecule has 0 aliphatic rings. The fraction of sp³-hybridized carbons (Fsp3) is 0.444. The first kappa shape index (κ1) is 13.3. The van der Waals surface area contributed by atoms with Crippen molar-refractivity contribution in [2.45, 2.75) is 25.2 Å². The van der Waals surface area contributed by atoms with E-state index >= 15 is 0 Å². The number of nitrogens with zero attached hydrogens (tertiary/aromatic N) is 4. The molecular weight excluding hydrogens is 237 g/mol. The minimum atomic E-state index is -4.82. The average Bonchev–Trinajstić information content (AvgIpc) is 2.25. The fourth-order valence-corrected chi connectivity index (χ4v) is 1.09. The largest absolute Gasteiger partial charge is 0.422 e. The number of hydrogen-bond acceptors (Lipinski definition) is 3. The van der Waals surface area contributed by atoms with E-state index in [1.165, 1.54) is 12.1 Å². The van der Waals surface area contributed by atoms with Crippen LogP contribution in [0.25, 0.3) is 10.4 Å². The standard InChI is InChI=1S/C9H9F3N4O/c1-8(17,9(10,11)12)7-4-2-3-6(15-7)5-14-16-13/h2-4,17H,5H2,1H3. The highest BCUT2D eigenvalue weighted by molar-refractivity contribution is 5.18. The van der Waals surface area contributed by atoms with Crippen LogP contribution in [-0.4, -0.2) is 16.3 Å². The fourth-order valence-electron chi connectivity index (χ4n) is 1.09. The zero-order valence-electron chi connectivity index (χ0n) is 8.81. The van der Waals surface area contributed by atoms with Crippen LogP contribution in [0, 0.1) is 0 Å². The molecule has 5 nitrogen and oxygen atoms in total. The molecule has 0 aliphatic carbocycles. The Morgan fingerprint density at radius 3 is 2.65 bits per heavy atom. The summed E-state index contributed by atoms with van der Waals surface area (Å²) in [5.41, 5.74) is 4.68. The van der Waals surface area contributed by atoms with E-state index in [2.05, 4.69) is 15.0 Å². The zero-order chi connectivity index (χ0) is 13.1. The van der Waals surface area contributed by atoms with Gasteiger partial charge in [-0.15, -0.1) is 0 Å². The molecule has 1 aromatic rings. The summed E-state index contributed by atoms with van der Waals surface area (Å²) in [4.78, 5) is 6.09. The van der Waals surface area contributed by atoms with E-state index in [1.807, 2.05) is 0 Å². The lowest BCUT2D eigenvalue weighted by atomic mass is 10.0. The van der Waals surface area contributed by atoms with Gasteiger partial charge in [0.25, 0.3) is 0 Å². The summed E-state index contributed by atoms with van der Waals surface area (Å²) in [5.74, 6) is 0. The lowest BCUT2D eigenvalue weighted by molar-refractivity contribution is -0.260. The molecule has 0 saturated carbocycles. The number of halogens is 3. The number of aromatic nitrogens is 1. The number of alkyl halides is 3. The molecule has 17 heavy (non-hydrogen) atoms. The Morgan fingerprint density at radius 2 is 2.12 bits per heavy atom. The Balaban J connectivity index is 3.11. The Labute approximate surface area is 94.5 Å². The number of azide groups is 1. The molecule has 1 N–H and O–H groups in total. The van der Waals surface area contributed by atoms with Crippen LogP contribution >= 0.6 is 0 Å². The third-order valence-electron chi connectivity index (χ3n) is 2.15. The van der Waals surface area contributed by atoms with Crippen molar-refractivity contribution in [3.63, 3.8) is 0 Å². The minimum Gasteiger partial charge on any atom is -0.375 e. The molecular formula is C9H9F3N4O. The van der Waals surface area contributed by atoms with E-state index in [-0.39, 0.29) is 12.2 Å². The van der Waals surface area contributed by atoms with Gasteiger partial charge in [0.2, 0.25) is 0 Å². The summed E-state index contributed by atoms with van der Waals surface area (Å²) in [6, 6.07) is 3.78. The van der Waals surface area contributed by atoms with Gasteiger partial charge in [-0.3, -0.25) is 4.98 Å². The molecule has 92 valence electrons. The summed E-state index contributed by atoms with van der Waals surface area (Å²) < 4.78 is 37.6. The van der Waals surface area contributed by atoms with E-state index < -0.39 is 17.5 Å². The summed E-state index contributed by atoms with van der Waals surface area (Å²) in [7, 11) is 0. The van der Waals surface area contributed by atoms with Gasteiger partial charge in [-0.1, -0.05) is 11.2 Å². The summed E-state index contributed by atoms with van der Waals surface area (Å²) in [6.45, 7) is 0.449. The number of hydrogen-bond donors (Lipinski definition) is 1. The molecule has 8 heteroatoms. The highest BCUT2D eigenvalue weighted by atomic mass is 19.4. The third kappa shape index (κ3) is 2.86. The smallest absolute Gasteiger partial charge is 0.375 e. The molecule has 0 aromatic carbocycles. The zero-order valence-corrected chi connectivity index (χ0v) is 8.81. The van der Waals surface area contributed by atoms with Gasteiger partial charge in [-0.05, 0) is 24.6 Å². The first-order valence-electron chi connectivity index (χ1n) is 4.55. The van der Waals surface area contributed by atoms with Crippen molar-refractivity contribution in [2.24, 2.45) is 5.11 Å². The van der Waals surface area contributed by atoms with Crippen molar-refractivity contribution in [2.75, 3.05) is 0 Å². The second-order valence-corrected chi connectivity index (χ2v) is 3.47. The van der Waals surface area contributed by atoms with Gasteiger partial charge in [0.15, 0.2) is 5.60 Å². The SMILES string of the molecule is CC(O)(c1cccc(CN=[N+]=[N-])n1)C(F)(F)F. The molecule has 0 amide bonds. The molecule has 1 atom stereocenters. The summed E-state index contributed by atoms with van der Waals surface area (Å²) in [5, 5.41) is 12.6. The van der Waals surface area contributed by atoms with Gasteiger partial charge in [-0.2, -0.15) is 13.2 Å². The quantitative estimate of drug-likeness (QED) is 0.505. The van der Waals surface area contributed by atoms with Crippen LogP contribution in [0.2, 0.25) is 0 Å². The Hall–Kier alpha value is -1.79. The first-order valence-corrected chi connectivity index (χ1v) is 4.55. The van der Waals surface area contributed by atoms with Gasteiger partial charge in [0, 0.05) is 10.6 Å². The van der Waals surface area contributed by atoms with Crippen molar-refractivity contribution in [1.29, 1.82) is 0 Å². The Bertz CT molecular complexity index is 452. The molecule has 1 heterocycles. The van der Waals surface area contributed by atoms with Crippen molar-refractivity contribution in [3.8, 4) is 0 Å². The molecule has 1 unspecified atom stereocenters. The van der Waals surface area contributed by atoms with E-state index in [0.29, 0.717) is 6.92 Å². The van der Waals surface area contributed by atoms with Crippen molar-refractivity contribution in [1.82, 2.24) is 4.98 Å². The predicted octanol–water partition coefficient (Wildman–Crippen LogP) is 2.66. The summed E-state index contributed by atoms with van der Waals surface area (Å²) >= 11 is 0. The maximum atomic E-state index is 12.5. The average molecular weight is 246 g/mol. The first-order chi connectivity index (χ1) is 7.79. The van der Waals surface area contributed by atoms with E-state index in [1.54, 1.807) is 0 Å². The topological polar surface area (TPSA) is 81.9 Å². The Kier molecular flexibility index (Phi) is 3.59. The van der Waals surface area contributed by atoms with Crippen LogP contribution in [0.4, 0.5) is 13.2 Å². The number of aliphatic hydroxyl groups is 1. The molecule has 1 rings (SSSR count). The van der Waals surface area contributed by atoms with Crippen molar-refractivity contribution >= 4 is 0 Å². The minimum absolute atomic E-state index is 0.157. The van der Waals surface area contributed by atoms with E-state index in [4.69, 9.17) is 5.53 Å². The van der Waals surface area contributed by atoms with Gasteiger partial charge in [0.1, 0.15) is 0 Å². The second kappa shape index (κ2) is 4.60. The van der Waals surface area contributed by atoms with Gasteiger partial charge < -0.3 is 5.11 Å².